The molecule has 0 bridgehead atoms. The summed E-state index contributed by atoms with van der Waals surface area (Å²) in [4.78, 5) is 13.4. The zero-order chi connectivity index (χ0) is 12.5. The first-order chi connectivity index (χ1) is 8.75. The molecule has 2 aliphatic rings. The molecule has 1 amide bonds. The lowest BCUT2D eigenvalue weighted by atomic mass is 10.0. The highest BCUT2D eigenvalue weighted by Gasteiger charge is 2.24. The Bertz CT molecular complexity index is 467. The molecule has 1 unspecified atom stereocenters. The van der Waals surface area contributed by atoms with Crippen molar-refractivity contribution in [1.29, 1.82) is 0 Å². The molecule has 2 heterocycles. The number of carbonyl (C=O) groups is 1. The highest BCUT2D eigenvalue weighted by Crippen LogP contribution is 2.32. The Hall–Kier alpha value is -1.39. The Labute approximate surface area is 107 Å². The summed E-state index contributed by atoms with van der Waals surface area (Å²) >= 11 is 0. The van der Waals surface area contributed by atoms with Gasteiger partial charge < -0.3 is 15.0 Å². The second-order valence-electron chi connectivity index (χ2n) is 4.87. The molecule has 4 nitrogen and oxygen atoms in total. The van der Waals surface area contributed by atoms with Crippen molar-refractivity contribution in [3.63, 3.8) is 0 Å². The van der Waals surface area contributed by atoms with E-state index in [4.69, 9.17) is 4.74 Å². The second-order valence-corrected chi connectivity index (χ2v) is 4.87. The molecule has 2 aliphatic heterocycles. The lowest BCUT2D eigenvalue weighted by Crippen LogP contribution is -2.33. The number of anilines is 1. The van der Waals surface area contributed by atoms with E-state index in [0.717, 1.165) is 43.9 Å². The largest absolute Gasteiger partial charge is 0.371 e. The highest BCUT2D eigenvalue weighted by molar-refractivity contribution is 5.93. The minimum Gasteiger partial charge on any atom is -0.371 e. The molecule has 1 aromatic rings. The molecule has 0 spiro atoms. The Morgan fingerprint density at radius 3 is 3.11 bits per heavy atom. The number of carbonyl (C=O) groups excluding carboxylic acids is 1. The number of amides is 1. The highest BCUT2D eigenvalue weighted by atomic mass is 16.5. The van der Waals surface area contributed by atoms with Crippen molar-refractivity contribution >= 4 is 11.6 Å². The normalized spacial score (nSPS) is 22.9. The maximum absolute atomic E-state index is 11.6. The van der Waals surface area contributed by atoms with E-state index in [1.54, 1.807) is 6.92 Å². The van der Waals surface area contributed by atoms with Crippen LogP contribution in [-0.4, -0.2) is 32.1 Å². The van der Waals surface area contributed by atoms with Gasteiger partial charge in [-0.1, -0.05) is 12.1 Å². The summed E-state index contributed by atoms with van der Waals surface area (Å²) in [6.45, 7) is 4.94. The van der Waals surface area contributed by atoms with Crippen LogP contribution in [0.5, 0.6) is 0 Å². The molecule has 1 aromatic carbocycles. The van der Waals surface area contributed by atoms with E-state index in [2.05, 4.69) is 23.5 Å². The minimum absolute atomic E-state index is 0.110. The summed E-state index contributed by atoms with van der Waals surface area (Å²) in [7, 11) is 0. The number of rotatable bonds is 1. The van der Waals surface area contributed by atoms with Crippen LogP contribution in [-0.2, 0) is 16.0 Å². The van der Waals surface area contributed by atoms with Crippen LogP contribution in [0, 0.1) is 0 Å². The van der Waals surface area contributed by atoms with Gasteiger partial charge in [-0.3, -0.25) is 4.79 Å². The monoisotopic (exact) mass is 246 g/mol. The maximum atomic E-state index is 11.6. The Balaban J connectivity index is 1.90. The van der Waals surface area contributed by atoms with E-state index in [1.165, 1.54) is 5.56 Å². The van der Waals surface area contributed by atoms with Crippen LogP contribution >= 0.6 is 0 Å². The molecule has 18 heavy (non-hydrogen) atoms. The molecule has 1 atom stereocenters. The van der Waals surface area contributed by atoms with Gasteiger partial charge in [0.25, 0.3) is 0 Å². The number of nitrogens with zero attached hydrogens (tertiary/aromatic N) is 1. The molecule has 0 aliphatic carbocycles. The predicted octanol–water partition coefficient (Wildman–Crippen LogP) is 1.26. The molecule has 0 aromatic heterocycles. The first-order valence-electron chi connectivity index (χ1n) is 6.49. The van der Waals surface area contributed by atoms with Crippen molar-refractivity contribution in [2.75, 3.05) is 31.1 Å². The minimum atomic E-state index is 0.110. The summed E-state index contributed by atoms with van der Waals surface area (Å²) in [5.41, 5.74) is 3.49. The molecular weight excluding hydrogens is 228 g/mol. The zero-order valence-corrected chi connectivity index (χ0v) is 10.6. The first kappa shape index (κ1) is 11.7. The number of hydrogen-bond donors (Lipinski definition) is 1. The summed E-state index contributed by atoms with van der Waals surface area (Å²) in [6, 6.07) is 6.37. The van der Waals surface area contributed by atoms with Gasteiger partial charge in [0.15, 0.2) is 0 Å². The number of benzene rings is 1. The van der Waals surface area contributed by atoms with Gasteiger partial charge in [-0.15, -0.1) is 0 Å². The average molecular weight is 246 g/mol. The maximum Gasteiger partial charge on any atom is 0.223 e. The van der Waals surface area contributed by atoms with Gasteiger partial charge >= 0.3 is 0 Å². The fourth-order valence-electron chi connectivity index (χ4n) is 2.70. The molecule has 1 saturated heterocycles. The van der Waals surface area contributed by atoms with Crippen LogP contribution < -0.4 is 10.2 Å². The van der Waals surface area contributed by atoms with Gasteiger partial charge in [-0.2, -0.15) is 0 Å². The van der Waals surface area contributed by atoms with E-state index < -0.39 is 0 Å². The fraction of sp³-hybridized carbons (Fsp3) is 0.500. The van der Waals surface area contributed by atoms with E-state index in [-0.39, 0.29) is 12.0 Å². The molecule has 4 heteroatoms. The standard InChI is InChI=1S/C14H18N2O2/c1-10(17)16-6-4-11-2-3-12(8-13(11)16)14-9-15-5-7-18-14/h2-3,8,14-15H,4-7,9H2,1H3. The van der Waals surface area contributed by atoms with Crippen LogP contribution in [0.3, 0.4) is 0 Å². The van der Waals surface area contributed by atoms with Crippen molar-refractivity contribution in [3.05, 3.63) is 29.3 Å². The molecule has 3 rings (SSSR count). The van der Waals surface area contributed by atoms with Crippen LogP contribution in [0.4, 0.5) is 5.69 Å². The van der Waals surface area contributed by atoms with E-state index >= 15 is 0 Å². The smallest absolute Gasteiger partial charge is 0.223 e. The van der Waals surface area contributed by atoms with Gasteiger partial charge in [0.1, 0.15) is 0 Å². The number of morpholine rings is 1. The first-order valence-corrected chi connectivity index (χ1v) is 6.49. The van der Waals surface area contributed by atoms with Crippen molar-refractivity contribution in [3.8, 4) is 0 Å². The molecule has 96 valence electrons. The van der Waals surface area contributed by atoms with Gasteiger partial charge in [-0.25, -0.2) is 0 Å². The molecule has 0 radical (unpaired) electrons. The van der Waals surface area contributed by atoms with Gasteiger partial charge in [0, 0.05) is 32.2 Å². The molecule has 0 saturated carbocycles. The van der Waals surface area contributed by atoms with Crippen LogP contribution in [0.2, 0.25) is 0 Å². The second kappa shape index (κ2) is 4.71. The summed E-state index contributed by atoms with van der Waals surface area (Å²) < 4.78 is 5.75. The number of fused-ring (bicyclic) bond motifs is 1. The van der Waals surface area contributed by atoms with E-state index in [0.29, 0.717) is 0 Å². The quantitative estimate of drug-likeness (QED) is 0.811. The summed E-state index contributed by atoms with van der Waals surface area (Å²) in [5.74, 6) is 0.119. The summed E-state index contributed by atoms with van der Waals surface area (Å²) in [5, 5.41) is 3.33. The Morgan fingerprint density at radius 1 is 1.50 bits per heavy atom. The van der Waals surface area contributed by atoms with Crippen LogP contribution in [0.25, 0.3) is 0 Å². The third-order valence-electron chi connectivity index (χ3n) is 3.68. The fourth-order valence-corrected chi connectivity index (χ4v) is 2.70. The van der Waals surface area contributed by atoms with Gasteiger partial charge in [0.2, 0.25) is 5.91 Å². The van der Waals surface area contributed by atoms with Crippen molar-refractivity contribution in [1.82, 2.24) is 5.32 Å². The van der Waals surface area contributed by atoms with Crippen LogP contribution in [0.15, 0.2) is 18.2 Å². The number of nitrogens with one attached hydrogen (secondary N) is 1. The van der Waals surface area contributed by atoms with Gasteiger partial charge in [0.05, 0.1) is 12.7 Å². The lowest BCUT2D eigenvalue weighted by Gasteiger charge is -2.25. The Kier molecular flexibility index (Phi) is 3.06. The predicted molar refractivity (Wildman–Crippen MR) is 69.7 cm³/mol. The molecule has 1 N–H and O–H groups in total. The SMILES string of the molecule is CC(=O)N1CCc2ccc(C3CNCCO3)cc21. The van der Waals surface area contributed by atoms with Crippen molar-refractivity contribution in [2.45, 2.75) is 19.4 Å². The zero-order valence-electron chi connectivity index (χ0n) is 10.6. The van der Waals surface area contributed by atoms with E-state index in [9.17, 15) is 4.79 Å². The summed E-state index contributed by atoms with van der Waals surface area (Å²) in [6.07, 6.45) is 1.07. The van der Waals surface area contributed by atoms with Crippen molar-refractivity contribution < 1.29 is 9.53 Å². The Morgan fingerprint density at radius 2 is 2.39 bits per heavy atom. The van der Waals surface area contributed by atoms with Crippen molar-refractivity contribution in [2.24, 2.45) is 0 Å². The van der Waals surface area contributed by atoms with Crippen LogP contribution in [0.1, 0.15) is 24.2 Å². The molecular formula is C14H18N2O2. The average Bonchev–Trinajstić information content (AvgIpc) is 2.82. The third-order valence-corrected chi connectivity index (χ3v) is 3.68. The van der Waals surface area contributed by atoms with E-state index in [1.807, 2.05) is 4.90 Å². The third kappa shape index (κ3) is 2.02. The topological polar surface area (TPSA) is 41.6 Å². The molecule has 1 fully saturated rings. The number of hydrogen-bond acceptors (Lipinski definition) is 3. The lowest BCUT2D eigenvalue weighted by molar-refractivity contribution is -0.116. The number of ether oxygens (including phenoxy) is 1. The van der Waals surface area contributed by atoms with Gasteiger partial charge in [-0.05, 0) is 23.6 Å².